The lowest BCUT2D eigenvalue weighted by atomic mass is 10.1. The highest BCUT2D eigenvalue weighted by Crippen LogP contribution is 2.05. The van der Waals surface area contributed by atoms with Crippen LogP contribution >= 0.6 is 0 Å². The molecule has 1 unspecified atom stereocenters. The third-order valence-corrected chi connectivity index (χ3v) is 4.18. The van der Waals surface area contributed by atoms with Gasteiger partial charge < -0.3 is 20.3 Å². The molecule has 0 aromatic carbocycles. The molecule has 1 aliphatic rings. The number of rotatable bonds is 6. The van der Waals surface area contributed by atoms with Crippen molar-refractivity contribution in [2.45, 2.75) is 32.4 Å². The molecule has 1 heterocycles. The molecule has 6 heteroatoms. The number of nitrogens with zero attached hydrogens (tertiary/aromatic N) is 3. The molecule has 1 saturated heterocycles. The van der Waals surface area contributed by atoms with Crippen LogP contribution in [0.3, 0.4) is 0 Å². The van der Waals surface area contributed by atoms with Crippen LogP contribution in [-0.2, 0) is 4.74 Å². The van der Waals surface area contributed by atoms with Gasteiger partial charge in [0.1, 0.15) is 0 Å². The molecule has 1 aliphatic heterocycles. The summed E-state index contributed by atoms with van der Waals surface area (Å²) in [4.78, 5) is 9.17. The summed E-state index contributed by atoms with van der Waals surface area (Å²) in [6.07, 6.45) is 0. The van der Waals surface area contributed by atoms with Gasteiger partial charge in [0.25, 0.3) is 0 Å². The van der Waals surface area contributed by atoms with Crippen molar-refractivity contribution in [2.75, 3.05) is 60.5 Å². The second-order valence-corrected chi connectivity index (χ2v) is 6.46. The van der Waals surface area contributed by atoms with Gasteiger partial charge in [-0.05, 0) is 27.8 Å². The van der Waals surface area contributed by atoms with Crippen molar-refractivity contribution in [2.24, 2.45) is 4.99 Å². The molecule has 0 saturated carbocycles. The first-order valence-electron chi connectivity index (χ1n) is 7.80. The van der Waals surface area contributed by atoms with Crippen molar-refractivity contribution in [1.82, 2.24) is 20.4 Å². The Hall–Kier alpha value is -0.850. The first-order valence-corrected chi connectivity index (χ1v) is 7.80. The summed E-state index contributed by atoms with van der Waals surface area (Å²) in [6, 6.07) is 0.507. The molecular weight excluding hydrogens is 266 g/mol. The van der Waals surface area contributed by atoms with Crippen LogP contribution in [0.1, 0.15) is 20.8 Å². The van der Waals surface area contributed by atoms with Crippen molar-refractivity contribution >= 4 is 5.96 Å². The Kier molecular flexibility index (Phi) is 7.42. The van der Waals surface area contributed by atoms with E-state index in [0.717, 1.165) is 45.2 Å². The van der Waals surface area contributed by atoms with Gasteiger partial charge in [0.05, 0.1) is 5.60 Å². The van der Waals surface area contributed by atoms with E-state index in [1.54, 1.807) is 14.2 Å². The lowest BCUT2D eigenvalue weighted by molar-refractivity contribution is 0.0268. The smallest absolute Gasteiger partial charge is 0.191 e. The molecule has 0 amide bonds. The molecule has 1 atom stereocenters. The van der Waals surface area contributed by atoms with Crippen LogP contribution in [-0.4, -0.2) is 87.9 Å². The van der Waals surface area contributed by atoms with Crippen LogP contribution < -0.4 is 10.6 Å². The number of aliphatic imine (C=N–C) groups is 1. The quantitative estimate of drug-likeness (QED) is 0.542. The maximum Gasteiger partial charge on any atom is 0.191 e. The maximum absolute atomic E-state index is 5.41. The van der Waals surface area contributed by atoms with Crippen LogP contribution in [0.2, 0.25) is 0 Å². The number of ether oxygens (including phenoxy) is 1. The molecule has 0 bridgehead atoms. The standard InChI is InChI=1S/C15H33N5O/c1-13(20-9-7-19(5)8-10-20)11-17-14(16-4)18-12-15(2,3)21-6/h13H,7-12H2,1-6H3,(H2,16,17,18). The number of hydrogen-bond acceptors (Lipinski definition) is 4. The summed E-state index contributed by atoms with van der Waals surface area (Å²) in [5, 5.41) is 6.72. The van der Waals surface area contributed by atoms with Crippen molar-refractivity contribution < 1.29 is 4.74 Å². The van der Waals surface area contributed by atoms with E-state index < -0.39 is 0 Å². The molecule has 6 nitrogen and oxygen atoms in total. The third-order valence-electron chi connectivity index (χ3n) is 4.18. The minimum absolute atomic E-state index is 0.194. The third kappa shape index (κ3) is 6.63. The van der Waals surface area contributed by atoms with Gasteiger partial charge in [0.15, 0.2) is 5.96 Å². The summed E-state index contributed by atoms with van der Waals surface area (Å²) in [6.45, 7) is 12.6. The maximum atomic E-state index is 5.41. The van der Waals surface area contributed by atoms with E-state index in [4.69, 9.17) is 4.74 Å². The summed E-state index contributed by atoms with van der Waals surface area (Å²) in [7, 11) is 5.71. The minimum Gasteiger partial charge on any atom is -0.377 e. The Morgan fingerprint density at radius 2 is 1.86 bits per heavy atom. The molecule has 0 aromatic rings. The first-order chi connectivity index (χ1) is 9.88. The second-order valence-electron chi connectivity index (χ2n) is 6.46. The van der Waals surface area contributed by atoms with Crippen molar-refractivity contribution in [1.29, 1.82) is 0 Å². The normalized spacial score (nSPS) is 20.4. The lowest BCUT2D eigenvalue weighted by Crippen LogP contribution is -2.53. The topological polar surface area (TPSA) is 52.1 Å². The number of guanidine groups is 1. The zero-order chi connectivity index (χ0) is 15.9. The highest BCUT2D eigenvalue weighted by molar-refractivity contribution is 5.79. The van der Waals surface area contributed by atoms with E-state index in [1.165, 1.54) is 0 Å². The van der Waals surface area contributed by atoms with Crippen LogP contribution in [0.4, 0.5) is 0 Å². The highest BCUT2D eigenvalue weighted by Gasteiger charge is 2.20. The van der Waals surface area contributed by atoms with E-state index in [2.05, 4.69) is 53.2 Å². The predicted octanol–water partition coefficient (Wildman–Crippen LogP) is 0.212. The zero-order valence-corrected chi connectivity index (χ0v) is 14.6. The fourth-order valence-corrected chi connectivity index (χ4v) is 2.23. The van der Waals surface area contributed by atoms with Gasteiger partial charge in [0, 0.05) is 59.5 Å². The highest BCUT2D eigenvalue weighted by atomic mass is 16.5. The summed E-state index contributed by atoms with van der Waals surface area (Å²) in [5.41, 5.74) is -0.194. The molecule has 2 N–H and O–H groups in total. The Bertz CT molecular complexity index is 324. The SMILES string of the molecule is CN=C(NCC(C)N1CCN(C)CC1)NCC(C)(C)OC. The fourth-order valence-electron chi connectivity index (χ4n) is 2.23. The van der Waals surface area contributed by atoms with Crippen LogP contribution in [0.25, 0.3) is 0 Å². The minimum atomic E-state index is -0.194. The van der Waals surface area contributed by atoms with E-state index >= 15 is 0 Å². The second kappa shape index (κ2) is 8.56. The van der Waals surface area contributed by atoms with Crippen LogP contribution in [0.5, 0.6) is 0 Å². The summed E-state index contributed by atoms with van der Waals surface area (Å²) < 4.78 is 5.41. The fraction of sp³-hybridized carbons (Fsp3) is 0.933. The monoisotopic (exact) mass is 299 g/mol. The van der Waals surface area contributed by atoms with Gasteiger partial charge in [-0.2, -0.15) is 0 Å². The van der Waals surface area contributed by atoms with Crippen molar-refractivity contribution in [3.05, 3.63) is 0 Å². The Balaban J connectivity index is 2.31. The van der Waals surface area contributed by atoms with Crippen LogP contribution in [0, 0.1) is 0 Å². The number of nitrogens with one attached hydrogen (secondary N) is 2. The van der Waals surface area contributed by atoms with Crippen molar-refractivity contribution in [3.63, 3.8) is 0 Å². The van der Waals surface area contributed by atoms with E-state index in [-0.39, 0.29) is 5.60 Å². The molecule has 0 aromatic heterocycles. The zero-order valence-electron chi connectivity index (χ0n) is 14.6. The summed E-state index contributed by atoms with van der Waals surface area (Å²) in [5.74, 6) is 0.834. The number of methoxy groups -OCH3 is 1. The molecule has 0 spiro atoms. The van der Waals surface area contributed by atoms with Gasteiger partial charge in [-0.25, -0.2) is 0 Å². The molecule has 0 radical (unpaired) electrons. The van der Waals surface area contributed by atoms with Crippen LogP contribution in [0.15, 0.2) is 4.99 Å². The van der Waals surface area contributed by atoms with E-state index in [0.29, 0.717) is 6.04 Å². The number of piperazine rings is 1. The molecule has 21 heavy (non-hydrogen) atoms. The molecule has 1 fully saturated rings. The van der Waals surface area contributed by atoms with Crippen molar-refractivity contribution in [3.8, 4) is 0 Å². The Morgan fingerprint density at radius 1 is 1.24 bits per heavy atom. The van der Waals surface area contributed by atoms with Gasteiger partial charge >= 0.3 is 0 Å². The van der Waals surface area contributed by atoms with E-state index in [1.807, 2.05) is 0 Å². The molecular formula is C15H33N5O. The first kappa shape index (κ1) is 18.2. The average Bonchev–Trinajstić information content (AvgIpc) is 2.48. The summed E-state index contributed by atoms with van der Waals surface area (Å²) >= 11 is 0. The molecule has 1 rings (SSSR count). The lowest BCUT2D eigenvalue weighted by Gasteiger charge is -2.36. The molecule has 0 aliphatic carbocycles. The largest absolute Gasteiger partial charge is 0.377 e. The number of hydrogen-bond donors (Lipinski definition) is 2. The number of likely N-dealkylation sites (N-methyl/N-ethyl adjacent to an activating group) is 1. The Labute approximate surface area is 129 Å². The van der Waals surface area contributed by atoms with Gasteiger partial charge in [-0.15, -0.1) is 0 Å². The van der Waals surface area contributed by atoms with Gasteiger partial charge in [-0.3, -0.25) is 9.89 Å². The Morgan fingerprint density at radius 3 is 2.38 bits per heavy atom. The van der Waals surface area contributed by atoms with Gasteiger partial charge in [-0.1, -0.05) is 0 Å². The average molecular weight is 299 g/mol. The van der Waals surface area contributed by atoms with Gasteiger partial charge in [0.2, 0.25) is 0 Å². The predicted molar refractivity (Wildman–Crippen MR) is 89.0 cm³/mol. The molecule has 124 valence electrons. The van der Waals surface area contributed by atoms with E-state index in [9.17, 15) is 0 Å².